The van der Waals surface area contributed by atoms with Gasteiger partial charge in [-0.15, -0.1) is 0 Å². The van der Waals surface area contributed by atoms with Crippen LogP contribution in [0.5, 0.6) is 0 Å². The molecule has 0 fully saturated rings. The standard InChI is InChI=1S/C55H33N7O/c1-3-14-34(15-4-1)52-58-53(35-16-5-2-6-17-35)60-54(59-52)37-18-13-19-38(32-37)61-46-24-11-8-22-42(46)50-47(61)28-27-41-39-20-7-10-23-45(39)62(51(41)50)55-56-31-30-44(57-55)36-26-29-49-43(33-36)40-21-9-12-25-48(40)63-49/h1-33H. The Bertz CT molecular complexity index is 3870. The Hall–Kier alpha value is -8.75. The van der Waals surface area contributed by atoms with Gasteiger partial charge in [0.2, 0.25) is 5.95 Å². The molecule has 8 nitrogen and oxygen atoms in total. The molecule has 0 bridgehead atoms. The number of hydrogen-bond donors (Lipinski definition) is 0. The zero-order chi connectivity index (χ0) is 41.4. The van der Waals surface area contributed by atoms with Crippen molar-refractivity contribution in [2.45, 2.75) is 0 Å². The van der Waals surface area contributed by atoms with E-state index in [-0.39, 0.29) is 0 Å². The maximum atomic E-state index is 6.16. The minimum Gasteiger partial charge on any atom is -0.456 e. The van der Waals surface area contributed by atoms with Crippen LogP contribution in [0.3, 0.4) is 0 Å². The highest BCUT2D eigenvalue weighted by Crippen LogP contribution is 2.42. The number of furan rings is 1. The summed E-state index contributed by atoms with van der Waals surface area (Å²) in [5.41, 5.74) is 11.5. The summed E-state index contributed by atoms with van der Waals surface area (Å²) in [5, 5.41) is 6.63. The summed E-state index contributed by atoms with van der Waals surface area (Å²) < 4.78 is 10.7. The summed E-state index contributed by atoms with van der Waals surface area (Å²) in [6.45, 7) is 0. The third-order valence-electron chi connectivity index (χ3n) is 12.0. The molecule has 0 saturated heterocycles. The fourth-order valence-corrected chi connectivity index (χ4v) is 9.22. The maximum absolute atomic E-state index is 6.16. The molecule has 8 heteroatoms. The van der Waals surface area contributed by atoms with Gasteiger partial charge in [0.1, 0.15) is 11.2 Å². The minimum absolute atomic E-state index is 0.598. The van der Waals surface area contributed by atoms with Crippen LogP contribution in [0.1, 0.15) is 0 Å². The Balaban J connectivity index is 1.02. The van der Waals surface area contributed by atoms with Crippen molar-refractivity contribution in [3.8, 4) is 57.1 Å². The van der Waals surface area contributed by atoms with E-state index in [1.165, 1.54) is 0 Å². The van der Waals surface area contributed by atoms with Crippen LogP contribution in [-0.2, 0) is 0 Å². The summed E-state index contributed by atoms with van der Waals surface area (Å²) >= 11 is 0. The molecule has 0 aliphatic heterocycles. The Morgan fingerprint density at radius 1 is 0.365 bits per heavy atom. The van der Waals surface area contributed by atoms with Crippen molar-refractivity contribution in [2.75, 3.05) is 0 Å². The molecule has 0 atom stereocenters. The Morgan fingerprint density at radius 3 is 1.75 bits per heavy atom. The number of para-hydroxylation sites is 3. The molecular formula is C55H33N7O. The molecule has 13 rings (SSSR count). The van der Waals surface area contributed by atoms with Gasteiger partial charge < -0.3 is 8.98 Å². The van der Waals surface area contributed by atoms with Crippen LogP contribution in [0.2, 0.25) is 0 Å². The van der Waals surface area contributed by atoms with E-state index in [1.807, 2.05) is 97.2 Å². The molecule has 8 aromatic carbocycles. The van der Waals surface area contributed by atoms with Crippen molar-refractivity contribution in [3.63, 3.8) is 0 Å². The fraction of sp³-hybridized carbons (Fsp3) is 0. The van der Waals surface area contributed by atoms with Gasteiger partial charge in [0.25, 0.3) is 0 Å². The zero-order valence-electron chi connectivity index (χ0n) is 33.6. The molecule has 0 unspecified atom stereocenters. The lowest BCUT2D eigenvalue weighted by atomic mass is 10.1. The molecule has 0 aliphatic rings. The van der Waals surface area contributed by atoms with Crippen molar-refractivity contribution in [1.82, 2.24) is 34.1 Å². The second kappa shape index (κ2) is 13.9. The first-order chi connectivity index (χ1) is 31.2. The van der Waals surface area contributed by atoms with Crippen LogP contribution < -0.4 is 0 Å². The highest BCUT2D eigenvalue weighted by Gasteiger charge is 2.23. The number of rotatable bonds is 6. The molecule has 0 aliphatic carbocycles. The highest BCUT2D eigenvalue weighted by molar-refractivity contribution is 6.26. The van der Waals surface area contributed by atoms with E-state index in [0.29, 0.717) is 23.4 Å². The summed E-state index contributed by atoms with van der Waals surface area (Å²) in [4.78, 5) is 25.3. The van der Waals surface area contributed by atoms with Crippen LogP contribution >= 0.6 is 0 Å². The number of aromatic nitrogens is 7. The smallest absolute Gasteiger partial charge is 0.235 e. The number of nitrogens with zero attached hydrogens (tertiary/aromatic N) is 7. The Morgan fingerprint density at radius 2 is 0.984 bits per heavy atom. The van der Waals surface area contributed by atoms with Gasteiger partial charge in [-0.2, -0.15) is 0 Å². The second-order valence-corrected chi connectivity index (χ2v) is 15.7. The SMILES string of the molecule is c1ccc(-c2nc(-c3ccccc3)nc(-c3cccc(-n4c5ccccc5c5c4ccc4c6ccccc6n(-c6nccc(-c7ccc8oc9ccccc9c8c7)n6)c45)c3)n2)cc1. The van der Waals surface area contributed by atoms with Gasteiger partial charge >= 0.3 is 0 Å². The van der Waals surface area contributed by atoms with Crippen molar-refractivity contribution in [1.29, 1.82) is 0 Å². The fourth-order valence-electron chi connectivity index (χ4n) is 9.22. The van der Waals surface area contributed by atoms with Gasteiger partial charge in [0.05, 0.1) is 27.8 Å². The molecule has 0 saturated carbocycles. The lowest BCUT2D eigenvalue weighted by molar-refractivity contribution is 0.669. The van der Waals surface area contributed by atoms with Crippen LogP contribution in [0.15, 0.2) is 205 Å². The largest absolute Gasteiger partial charge is 0.456 e. The van der Waals surface area contributed by atoms with Gasteiger partial charge in [0, 0.05) is 66.5 Å². The predicted molar refractivity (Wildman–Crippen MR) is 253 cm³/mol. The molecule has 0 N–H and O–H groups in total. The first kappa shape index (κ1) is 35.0. The molecule has 0 radical (unpaired) electrons. The lowest BCUT2D eigenvalue weighted by Crippen LogP contribution is -2.02. The lowest BCUT2D eigenvalue weighted by Gasteiger charge is -2.12. The number of hydrogen-bond acceptors (Lipinski definition) is 6. The Labute approximate surface area is 360 Å². The quantitative estimate of drug-likeness (QED) is 0.166. The highest BCUT2D eigenvalue weighted by atomic mass is 16.3. The number of fused-ring (bicyclic) bond motifs is 10. The zero-order valence-corrected chi connectivity index (χ0v) is 33.6. The van der Waals surface area contributed by atoms with Crippen molar-refractivity contribution < 1.29 is 4.42 Å². The monoisotopic (exact) mass is 807 g/mol. The van der Waals surface area contributed by atoms with E-state index in [2.05, 4.69) is 112 Å². The van der Waals surface area contributed by atoms with E-state index in [9.17, 15) is 0 Å². The van der Waals surface area contributed by atoms with E-state index in [0.717, 1.165) is 99.2 Å². The van der Waals surface area contributed by atoms with Gasteiger partial charge in [-0.05, 0) is 60.7 Å². The third kappa shape index (κ3) is 5.58. The van der Waals surface area contributed by atoms with Crippen molar-refractivity contribution >= 4 is 65.6 Å². The molecule has 294 valence electrons. The van der Waals surface area contributed by atoms with Crippen LogP contribution in [0.25, 0.3) is 123 Å². The molecule has 0 spiro atoms. The van der Waals surface area contributed by atoms with E-state index < -0.39 is 0 Å². The van der Waals surface area contributed by atoms with Crippen LogP contribution in [0.4, 0.5) is 0 Å². The first-order valence-corrected chi connectivity index (χ1v) is 20.9. The molecule has 63 heavy (non-hydrogen) atoms. The van der Waals surface area contributed by atoms with Gasteiger partial charge in [-0.3, -0.25) is 4.57 Å². The summed E-state index contributed by atoms with van der Waals surface area (Å²) in [6, 6.07) is 66.7. The molecular weight excluding hydrogens is 775 g/mol. The maximum Gasteiger partial charge on any atom is 0.235 e. The molecule has 0 amide bonds. The molecule has 5 heterocycles. The summed E-state index contributed by atoms with van der Waals surface area (Å²) in [7, 11) is 0. The normalized spacial score (nSPS) is 11.8. The van der Waals surface area contributed by atoms with E-state index in [4.69, 9.17) is 29.3 Å². The summed E-state index contributed by atoms with van der Waals surface area (Å²) in [5.74, 6) is 2.45. The van der Waals surface area contributed by atoms with Crippen molar-refractivity contribution in [3.05, 3.63) is 200 Å². The predicted octanol–water partition coefficient (Wildman–Crippen LogP) is 13.4. The summed E-state index contributed by atoms with van der Waals surface area (Å²) in [6.07, 6.45) is 1.86. The third-order valence-corrected chi connectivity index (χ3v) is 12.0. The van der Waals surface area contributed by atoms with E-state index in [1.54, 1.807) is 0 Å². The van der Waals surface area contributed by atoms with Crippen LogP contribution in [0, 0.1) is 0 Å². The van der Waals surface area contributed by atoms with Gasteiger partial charge in [-0.1, -0.05) is 133 Å². The minimum atomic E-state index is 0.598. The van der Waals surface area contributed by atoms with Gasteiger partial charge in [0.15, 0.2) is 17.5 Å². The number of benzene rings is 8. The van der Waals surface area contributed by atoms with Crippen LogP contribution in [-0.4, -0.2) is 34.1 Å². The first-order valence-electron chi connectivity index (χ1n) is 20.9. The topological polar surface area (TPSA) is 87.5 Å². The van der Waals surface area contributed by atoms with Gasteiger partial charge in [-0.25, -0.2) is 24.9 Å². The van der Waals surface area contributed by atoms with Crippen molar-refractivity contribution in [2.24, 2.45) is 0 Å². The average Bonchev–Trinajstić information content (AvgIpc) is 4.02. The Kier molecular flexibility index (Phi) is 7.74. The molecule has 5 aromatic heterocycles. The molecule has 13 aromatic rings. The average molecular weight is 808 g/mol. The second-order valence-electron chi connectivity index (χ2n) is 15.7. The van der Waals surface area contributed by atoms with E-state index >= 15 is 0 Å².